The van der Waals surface area contributed by atoms with Crippen LogP contribution in [0, 0.1) is 0 Å². The van der Waals surface area contributed by atoms with E-state index in [-0.39, 0.29) is 18.6 Å². The molecule has 0 unspecified atom stereocenters. The molecule has 0 aromatic heterocycles. The Morgan fingerprint density at radius 1 is 1.26 bits per heavy atom. The van der Waals surface area contributed by atoms with Gasteiger partial charge in [-0.3, -0.25) is 4.79 Å². The van der Waals surface area contributed by atoms with Gasteiger partial charge in [0.2, 0.25) is 5.91 Å². The summed E-state index contributed by atoms with van der Waals surface area (Å²) in [5.74, 6) is 1.04. The fourth-order valence-corrected chi connectivity index (χ4v) is 2.30. The van der Waals surface area contributed by atoms with Crippen LogP contribution in [0.15, 0.2) is 30.3 Å². The molecule has 1 N–H and O–H groups in total. The molecule has 0 bridgehead atoms. The van der Waals surface area contributed by atoms with Gasteiger partial charge in [0.25, 0.3) is 0 Å². The highest BCUT2D eigenvalue weighted by molar-refractivity contribution is 5.76. The first kappa shape index (κ1) is 13.9. The Hall–Kier alpha value is -1.55. The van der Waals surface area contributed by atoms with Crippen LogP contribution < -0.4 is 4.74 Å². The standard InChI is InChI=1S/C15H21NO3/c17-12-4-7-15(18)16-10-8-14(9-11-16)19-13-5-2-1-3-6-13/h1-3,5-6,14,17H,4,7-12H2. The molecule has 0 spiro atoms. The molecule has 0 saturated carbocycles. The second-order valence-corrected chi connectivity index (χ2v) is 4.84. The average Bonchev–Trinajstić information content (AvgIpc) is 2.46. The fraction of sp³-hybridized carbons (Fsp3) is 0.533. The van der Waals surface area contributed by atoms with Crippen LogP contribution in [0.1, 0.15) is 25.7 Å². The summed E-state index contributed by atoms with van der Waals surface area (Å²) in [5, 5.41) is 8.73. The van der Waals surface area contributed by atoms with Crippen LogP contribution in [0.25, 0.3) is 0 Å². The first-order valence-electron chi connectivity index (χ1n) is 6.90. The number of aliphatic hydroxyl groups is 1. The number of aliphatic hydroxyl groups excluding tert-OH is 1. The molecule has 1 aliphatic rings. The van der Waals surface area contributed by atoms with E-state index in [4.69, 9.17) is 9.84 Å². The van der Waals surface area contributed by atoms with Crippen LogP contribution in [0.2, 0.25) is 0 Å². The van der Waals surface area contributed by atoms with Gasteiger partial charge in [0, 0.05) is 39.0 Å². The number of piperidine rings is 1. The molecule has 104 valence electrons. The minimum Gasteiger partial charge on any atom is -0.490 e. The molecular formula is C15H21NO3. The molecule has 0 atom stereocenters. The maximum atomic E-state index is 11.8. The van der Waals surface area contributed by atoms with Crippen LogP contribution in [0.3, 0.4) is 0 Å². The number of nitrogens with zero attached hydrogens (tertiary/aromatic N) is 1. The second kappa shape index (κ2) is 7.14. The maximum Gasteiger partial charge on any atom is 0.222 e. The van der Waals surface area contributed by atoms with Crippen LogP contribution in [-0.2, 0) is 4.79 Å². The Balaban J connectivity index is 1.75. The van der Waals surface area contributed by atoms with E-state index in [0.29, 0.717) is 12.8 Å². The van der Waals surface area contributed by atoms with Crippen molar-refractivity contribution in [3.63, 3.8) is 0 Å². The average molecular weight is 263 g/mol. The molecule has 1 aliphatic heterocycles. The van der Waals surface area contributed by atoms with E-state index in [0.717, 1.165) is 31.7 Å². The van der Waals surface area contributed by atoms with Crippen LogP contribution in [0.5, 0.6) is 5.75 Å². The molecule has 1 amide bonds. The van der Waals surface area contributed by atoms with Crippen molar-refractivity contribution in [3.8, 4) is 5.75 Å². The van der Waals surface area contributed by atoms with Crippen LogP contribution in [0.4, 0.5) is 0 Å². The number of carbonyl (C=O) groups excluding carboxylic acids is 1. The van der Waals surface area contributed by atoms with Crippen molar-refractivity contribution < 1.29 is 14.6 Å². The Bertz CT molecular complexity index is 386. The summed E-state index contributed by atoms with van der Waals surface area (Å²) in [4.78, 5) is 13.7. The number of hydrogen-bond donors (Lipinski definition) is 1. The van der Waals surface area contributed by atoms with Gasteiger partial charge in [-0.1, -0.05) is 18.2 Å². The first-order valence-corrected chi connectivity index (χ1v) is 6.90. The number of amides is 1. The van der Waals surface area contributed by atoms with Crippen LogP contribution in [-0.4, -0.2) is 41.7 Å². The molecule has 19 heavy (non-hydrogen) atoms. The number of ether oxygens (including phenoxy) is 1. The van der Waals surface area contributed by atoms with E-state index in [9.17, 15) is 4.79 Å². The number of para-hydroxylation sites is 1. The summed E-state index contributed by atoms with van der Waals surface area (Å²) < 4.78 is 5.89. The molecule has 0 radical (unpaired) electrons. The second-order valence-electron chi connectivity index (χ2n) is 4.84. The number of carbonyl (C=O) groups is 1. The van der Waals surface area contributed by atoms with Gasteiger partial charge >= 0.3 is 0 Å². The van der Waals surface area contributed by atoms with Crippen molar-refractivity contribution in [1.29, 1.82) is 0 Å². The van der Waals surface area contributed by atoms with E-state index in [2.05, 4.69) is 0 Å². The lowest BCUT2D eigenvalue weighted by Gasteiger charge is -2.32. The predicted octanol–water partition coefficient (Wildman–Crippen LogP) is 1.83. The summed E-state index contributed by atoms with van der Waals surface area (Å²) in [7, 11) is 0. The highest BCUT2D eigenvalue weighted by atomic mass is 16.5. The van der Waals surface area contributed by atoms with Gasteiger partial charge < -0.3 is 14.7 Å². The molecule has 2 rings (SSSR count). The number of benzene rings is 1. The van der Waals surface area contributed by atoms with Gasteiger partial charge in [0.05, 0.1) is 0 Å². The van der Waals surface area contributed by atoms with E-state index < -0.39 is 0 Å². The SMILES string of the molecule is O=C(CCCO)N1CCC(Oc2ccccc2)CC1. The molecule has 0 aliphatic carbocycles. The third-order valence-electron chi connectivity index (χ3n) is 3.39. The third-order valence-corrected chi connectivity index (χ3v) is 3.39. The van der Waals surface area contributed by atoms with Gasteiger partial charge in [0.15, 0.2) is 0 Å². The first-order chi connectivity index (χ1) is 9.29. The monoisotopic (exact) mass is 263 g/mol. The van der Waals surface area contributed by atoms with Gasteiger partial charge in [-0.25, -0.2) is 0 Å². The van der Waals surface area contributed by atoms with Gasteiger partial charge in [-0.15, -0.1) is 0 Å². The maximum absolute atomic E-state index is 11.8. The topological polar surface area (TPSA) is 49.8 Å². The van der Waals surface area contributed by atoms with Gasteiger partial charge in [0.1, 0.15) is 11.9 Å². The van der Waals surface area contributed by atoms with Crippen molar-refractivity contribution in [1.82, 2.24) is 4.90 Å². The number of likely N-dealkylation sites (tertiary alicyclic amines) is 1. The van der Waals surface area contributed by atoms with Crippen molar-refractivity contribution in [3.05, 3.63) is 30.3 Å². The van der Waals surface area contributed by atoms with Crippen molar-refractivity contribution in [2.24, 2.45) is 0 Å². The van der Waals surface area contributed by atoms with Gasteiger partial charge in [-0.2, -0.15) is 0 Å². The Morgan fingerprint density at radius 2 is 1.95 bits per heavy atom. The smallest absolute Gasteiger partial charge is 0.222 e. The zero-order valence-electron chi connectivity index (χ0n) is 11.1. The molecule has 4 nitrogen and oxygen atoms in total. The highest BCUT2D eigenvalue weighted by Gasteiger charge is 2.23. The molecule has 1 saturated heterocycles. The van der Waals surface area contributed by atoms with E-state index in [1.807, 2.05) is 35.2 Å². The van der Waals surface area contributed by atoms with Crippen molar-refractivity contribution in [2.45, 2.75) is 31.8 Å². The van der Waals surface area contributed by atoms with Gasteiger partial charge in [-0.05, 0) is 18.6 Å². The molecule has 1 fully saturated rings. The lowest BCUT2D eigenvalue weighted by Crippen LogP contribution is -2.41. The lowest BCUT2D eigenvalue weighted by atomic mass is 10.1. The summed E-state index contributed by atoms with van der Waals surface area (Å²) in [5.41, 5.74) is 0. The van der Waals surface area contributed by atoms with E-state index in [1.54, 1.807) is 0 Å². The minimum absolute atomic E-state index is 0.0827. The molecule has 4 heteroatoms. The summed E-state index contributed by atoms with van der Waals surface area (Å²) in [6.07, 6.45) is 2.95. The zero-order chi connectivity index (χ0) is 13.5. The fourth-order valence-electron chi connectivity index (χ4n) is 2.30. The number of rotatable bonds is 5. The molecule has 1 heterocycles. The summed E-state index contributed by atoms with van der Waals surface area (Å²) >= 11 is 0. The molecular weight excluding hydrogens is 242 g/mol. The minimum atomic E-state index is 0.0827. The van der Waals surface area contributed by atoms with E-state index in [1.165, 1.54) is 0 Å². The summed E-state index contributed by atoms with van der Waals surface area (Å²) in [6.45, 7) is 1.59. The normalized spacial score (nSPS) is 16.4. The quantitative estimate of drug-likeness (QED) is 0.881. The lowest BCUT2D eigenvalue weighted by molar-refractivity contribution is -0.133. The third kappa shape index (κ3) is 4.24. The number of hydrogen-bond acceptors (Lipinski definition) is 3. The Morgan fingerprint density at radius 3 is 2.58 bits per heavy atom. The van der Waals surface area contributed by atoms with Crippen LogP contribution >= 0.6 is 0 Å². The largest absolute Gasteiger partial charge is 0.490 e. The van der Waals surface area contributed by atoms with Crippen molar-refractivity contribution in [2.75, 3.05) is 19.7 Å². The highest BCUT2D eigenvalue weighted by Crippen LogP contribution is 2.19. The van der Waals surface area contributed by atoms with Crippen molar-refractivity contribution >= 4 is 5.91 Å². The Labute approximate surface area is 114 Å². The Kier molecular flexibility index (Phi) is 5.21. The molecule has 1 aromatic rings. The predicted molar refractivity (Wildman–Crippen MR) is 73.0 cm³/mol. The van der Waals surface area contributed by atoms with E-state index >= 15 is 0 Å². The molecule has 1 aromatic carbocycles. The summed E-state index contributed by atoms with van der Waals surface area (Å²) in [6, 6.07) is 9.80. The zero-order valence-corrected chi connectivity index (χ0v) is 11.1.